The highest BCUT2D eigenvalue weighted by molar-refractivity contribution is 14.1. The fourth-order valence-electron chi connectivity index (χ4n) is 1.03. The second kappa shape index (κ2) is 4.93. The van der Waals surface area contributed by atoms with Crippen LogP contribution in [0.25, 0.3) is 0 Å². The molecule has 14 heavy (non-hydrogen) atoms. The molecule has 0 aliphatic carbocycles. The van der Waals surface area contributed by atoms with Crippen LogP contribution in [0.3, 0.4) is 0 Å². The molecule has 0 radical (unpaired) electrons. The zero-order valence-corrected chi connectivity index (χ0v) is 11.3. The maximum absolute atomic E-state index is 11.1. The summed E-state index contributed by atoms with van der Waals surface area (Å²) in [5.74, 6) is -0.187. The van der Waals surface area contributed by atoms with Crippen molar-refractivity contribution in [3.8, 4) is 0 Å². The molecule has 0 aliphatic heterocycles. The van der Waals surface area contributed by atoms with Crippen molar-refractivity contribution in [1.82, 2.24) is 0 Å². The summed E-state index contributed by atoms with van der Waals surface area (Å²) in [6.45, 7) is 5.36. The smallest absolute Gasteiger partial charge is 0.247 e. The van der Waals surface area contributed by atoms with Crippen molar-refractivity contribution < 1.29 is 4.79 Å². The average molecular weight is 366 g/mol. The van der Waals surface area contributed by atoms with E-state index in [-0.39, 0.29) is 5.91 Å². The van der Waals surface area contributed by atoms with E-state index >= 15 is 0 Å². The van der Waals surface area contributed by atoms with Crippen LogP contribution in [0.4, 0.5) is 5.69 Å². The highest BCUT2D eigenvalue weighted by atomic mass is 127. The van der Waals surface area contributed by atoms with Gasteiger partial charge in [-0.05, 0) is 53.3 Å². The molecule has 2 nitrogen and oxygen atoms in total. The minimum atomic E-state index is -0.187. The van der Waals surface area contributed by atoms with Crippen molar-refractivity contribution in [3.63, 3.8) is 0 Å². The van der Waals surface area contributed by atoms with E-state index in [9.17, 15) is 4.79 Å². The number of amides is 1. The molecule has 0 heterocycles. The Morgan fingerprint density at radius 2 is 2.29 bits per heavy atom. The van der Waals surface area contributed by atoms with Gasteiger partial charge in [0.05, 0.1) is 5.69 Å². The fourth-order valence-corrected chi connectivity index (χ4v) is 2.93. The first kappa shape index (κ1) is 11.7. The van der Waals surface area contributed by atoms with Crippen molar-refractivity contribution >= 4 is 50.1 Å². The number of aryl methyl sites for hydroxylation is 1. The molecule has 0 fully saturated rings. The van der Waals surface area contributed by atoms with Crippen LogP contribution < -0.4 is 5.32 Å². The molecule has 1 aromatic rings. The minimum absolute atomic E-state index is 0.187. The summed E-state index contributed by atoms with van der Waals surface area (Å²) in [4.78, 5) is 11.1. The van der Waals surface area contributed by atoms with E-state index in [1.54, 1.807) is 0 Å². The second-order valence-electron chi connectivity index (χ2n) is 2.77. The molecule has 0 spiro atoms. The minimum Gasteiger partial charge on any atom is -0.321 e. The molecule has 4 heteroatoms. The van der Waals surface area contributed by atoms with Gasteiger partial charge >= 0.3 is 0 Å². The van der Waals surface area contributed by atoms with Crippen LogP contribution in [0.2, 0.25) is 0 Å². The van der Waals surface area contributed by atoms with Gasteiger partial charge in [0.2, 0.25) is 5.91 Å². The van der Waals surface area contributed by atoms with Crippen LogP contribution >= 0.6 is 38.5 Å². The Bertz CT molecular complexity index is 367. The molecule has 0 aliphatic rings. The number of hydrogen-bond acceptors (Lipinski definition) is 1. The van der Waals surface area contributed by atoms with E-state index in [1.807, 2.05) is 19.1 Å². The van der Waals surface area contributed by atoms with Crippen LogP contribution in [-0.4, -0.2) is 5.91 Å². The van der Waals surface area contributed by atoms with Gasteiger partial charge in [-0.2, -0.15) is 0 Å². The van der Waals surface area contributed by atoms with Gasteiger partial charge < -0.3 is 5.32 Å². The van der Waals surface area contributed by atoms with Gasteiger partial charge in [-0.15, -0.1) is 0 Å². The van der Waals surface area contributed by atoms with Crippen LogP contribution in [0.15, 0.2) is 29.3 Å². The molecule has 1 aromatic carbocycles. The van der Waals surface area contributed by atoms with Gasteiger partial charge in [-0.1, -0.05) is 22.5 Å². The van der Waals surface area contributed by atoms with E-state index in [0.717, 1.165) is 19.3 Å². The van der Waals surface area contributed by atoms with Crippen LogP contribution in [0, 0.1) is 10.5 Å². The van der Waals surface area contributed by atoms with E-state index < -0.39 is 0 Å². The molecule has 1 rings (SSSR count). The highest BCUT2D eigenvalue weighted by Gasteiger charge is 2.06. The Morgan fingerprint density at radius 3 is 2.79 bits per heavy atom. The topological polar surface area (TPSA) is 29.1 Å². The second-order valence-corrected chi connectivity index (χ2v) is 4.85. The first-order chi connectivity index (χ1) is 6.54. The molecule has 0 aromatic heterocycles. The summed E-state index contributed by atoms with van der Waals surface area (Å²) in [6.07, 6.45) is 1.26. The van der Waals surface area contributed by atoms with Crippen LogP contribution in [-0.2, 0) is 4.79 Å². The number of hydrogen-bond donors (Lipinski definition) is 1. The summed E-state index contributed by atoms with van der Waals surface area (Å²) >= 11 is 5.58. The van der Waals surface area contributed by atoms with Gasteiger partial charge in [0.15, 0.2) is 0 Å². The molecule has 74 valence electrons. The monoisotopic (exact) mass is 365 g/mol. The number of benzene rings is 1. The van der Waals surface area contributed by atoms with E-state index in [1.165, 1.54) is 6.08 Å². The fraction of sp³-hybridized carbons (Fsp3) is 0.100. The first-order valence-electron chi connectivity index (χ1n) is 3.93. The Morgan fingerprint density at radius 1 is 1.64 bits per heavy atom. The third kappa shape index (κ3) is 2.81. The molecule has 1 amide bonds. The molecule has 0 bridgehead atoms. The number of halogens is 2. The number of carbonyl (C=O) groups is 1. The quantitative estimate of drug-likeness (QED) is 0.630. The van der Waals surface area contributed by atoms with Gasteiger partial charge in [0.1, 0.15) is 0 Å². The zero-order chi connectivity index (χ0) is 10.7. The van der Waals surface area contributed by atoms with Crippen molar-refractivity contribution in [2.24, 2.45) is 0 Å². The molecular weight excluding hydrogens is 357 g/mol. The Kier molecular flexibility index (Phi) is 4.12. The van der Waals surface area contributed by atoms with Crippen molar-refractivity contribution in [1.29, 1.82) is 0 Å². The predicted molar refractivity (Wildman–Crippen MR) is 70.4 cm³/mol. The molecule has 1 N–H and O–H groups in total. The predicted octanol–water partition coefficient (Wildman–Crippen LogP) is 3.49. The summed E-state index contributed by atoms with van der Waals surface area (Å²) in [5, 5.41) is 2.77. The van der Waals surface area contributed by atoms with E-state index in [0.29, 0.717) is 0 Å². The zero-order valence-electron chi connectivity index (χ0n) is 7.60. The molecular formula is C10H9BrINO. The SMILES string of the molecule is C=CC(=O)Nc1c(C)cc(Br)cc1I. The first-order valence-corrected chi connectivity index (χ1v) is 5.81. The summed E-state index contributed by atoms with van der Waals surface area (Å²) in [6, 6.07) is 3.91. The average Bonchev–Trinajstić information content (AvgIpc) is 2.10. The van der Waals surface area contributed by atoms with Crippen LogP contribution in [0.5, 0.6) is 0 Å². The molecule has 0 saturated heterocycles. The lowest BCUT2D eigenvalue weighted by Gasteiger charge is -2.09. The van der Waals surface area contributed by atoms with Gasteiger partial charge in [0.25, 0.3) is 0 Å². The molecule has 0 unspecified atom stereocenters. The van der Waals surface area contributed by atoms with Gasteiger partial charge in [-0.3, -0.25) is 4.79 Å². The number of anilines is 1. The van der Waals surface area contributed by atoms with Gasteiger partial charge in [-0.25, -0.2) is 0 Å². The maximum Gasteiger partial charge on any atom is 0.247 e. The van der Waals surface area contributed by atoms with E-state index in [4.69, 9.17) is 0 Å². The number of nitrogens with one attached hydrogen (secondary N) is 1. The van der Waals surface area contributed by atoms with Gasteiger partial charge in [0, 0.05) is 8.04 Å². The third-order valence-corrected chi connectivity index (χ3v) is 2.99. The summed E-state index contributed by atoms with van der Waals surface area (Å²) < 4.78 is 2.01. The lowest BCUT2D eigenvalue weighted by molar-refractivity contribution is -0.111. The molecule has 0 atom stereocenters. The Balaban J connectivity index is 3.08. The lowest BCUT2D eigenvalue weighted by Crippen LogP contribution is -2.09. The summed E-state index contributed by atoms with van der Waals surface area (Å²) in [7, 11) is 0. The van der Waals surface area contributed by atoms with Crippen molar-refractivity contribution in [2.45, 2.75) is 6.92 Å². The highest BCUT2D eigenvalue weighted by Crippen LogP contribution is 2.26. The van der Waals surface area contributed by atoms with Crippen molar-refractivity contribution in [2.75, 3.05) is 5.32 Å². The van der Waals surface area contributed by atoms with Crippen LogP contribution in [0.1, 0.15) is 5.56 Å². The van der Waals surface area contributed by atoms with Crippen molar-refractivity contribution in [3.05, 3.63) is 38.4 Å². The number of rotatable bonds is 2. The number of carbonyl (C=O) groups excluding carboxylic acids is 1. The van der Waals surface area contributed by atoms with E-state index in [2.05, 4.69) is 50.4 Å². The largest absolute Gasteiger partial charge is 0.321 e. The third-order valence-electron chi connectivity index (χ3n) is 1.69. The lowest BCUT2D eigenvalue weighted by atomic mass is 10.2. The maximum atomic E-state index is 11.1. The summed E-state index contributed by atoms with van der Waals surface area (Å²) in [5.41, 5.74) is 1.87. The Labute approximate surface area is 105 Å². The molecule has 0 saturated carbocycles. The standard InChI is InChI=1S/C10H9BrINO/c1-3-9(14)13-10-6(2)4-7(11)5-8(10)12/h3-5H,1H2,2H3,(H,13,14). The Hall–Kier alpha value is -0.360. The normalized spacial score (nSPS) is 9.64.